The molecule has 6 heteroatoms. The molecule has 2 rings (SSSR count). The fourth-order valence-electron chi connectivity index (χ4n) is 2.38. The van der Waals surface area contributed by atoms with Crippen LogP contribution in [-0.2, 0) is 4.74 Å². The Balaban J connectivity index is 1.92. The molecule has 1 aliphatic heterocycles. The molecular weight excluding hydrogens is 272 g/mol. The van der Waals surface area contributed by atoms with Crippen molar-refractivity contribution >= 4 is 11.7 Å². The molecule has 2 amide bonds. The Hall–Kier alpha value is -1.95. The summed E-state index contributed by atoms with van der Waals surface area (Å²) in [5, 5.41) is 5.67. The number of carbonyl (C=O) groups is 1. The van der Waals surface area contributed by atoms with E-state index in [4.69, 9.17) is 14.2 Å². The van der Waals surface area contributed by atoms with Crippen LogP contribution in [0.25, 0.3) is 0 Å². The molecule has 0 radical (unpaired) electrons. The number of ether oxygens (including phenoxy) is 3. The predicted octanol–water partition coefficient (Wildman–Crippen LogP) is 2.39. The lowest BCUT2D eigenvalue weighted by atomic mass is 10.1. The topological polar surface area (TPSA) is 68.8 Å². The maximum absolute atomic E-state index is 12.0. The number of hydrogen-bond acceptors (Lipinski definition) is 4. The summed E-state index contributed by atoms with van der Waals surface area (Å²) in [7, 11) is 3.13. The average molecular weight is 294 g/mol. The van der Waals surface area contributed by atoms with Crippen molar-refractivity contribution in [2.24, 2.45) is 0 Å². The normalized spacial score (nSPS) is 18.9. The summed E-state index contributed by atoms with van der Waals surface area (Å²) in [4.78, 5) is 12.0. The van der Waals surface area contributed by atoms with Crippen molar-refractivity contribution in [3.05, 3.63) is 18.2 Å². The number of amides is 2. The number of benzene rings is 1. The molecule has 6 nitrogen and oxygen atoms in total. The second kappa shape index (κ2) is 7.17. The summed E-state index contributed by atoms with van der Waals surface area (Å²) >= 11 is 0. The van der Waals surface area contributed by atoms with E-state index in [9.17, 15) is 4.79 Å². The molecule has 1 saturated heterocycles. The first kappa shape index (κ1) is 15.4. The highest BCUT2D eigenvalue weighted by atomic mass is 16.5. The van der Waals surface area contributed by atoms with Gasteiger partial charge in [0.1, 0.15) is 0 Å². The summed E-state index contributed by atoms with van der Waals surface area (Å²) in [5.74, 6) is 1.19. The predicted molar refractivity (Wildman–Crippen MR) is 80.1 cm³/mol. The van der Waals surface area contributed by atoms with E-state index in [1.54, 1.807) is 32.4 Å². The highest BCUT2D eigenvalue weighted by Gasteiger charge is 2.23. The third kappa shape index (κ3) is 4.01. The third-order valence-corrected chi connectivity index (χ3v) is 3.52. The van der Waals surface area contributed by atoms with Crippen molar-refractivity contribution in [1.29, 1.82) is 0 Å². The van der Waals surface area contributed by atoms with Crippen LogP contribution < -0.4 is 20.1 Å². The van der Waals surface area contributed by atoms with Gasteiger partial charge in [-0.25, -0.2) is 4.79 Å². The van der Waals surface area contributed by atoms with Gasteiger partial charge in [-0.1, -0.05) is 0 Å². The lowest BCUT2D eigenvalue weighted by molar-refractivity contribution is 0.0868. The van der Waals surface area contributed by atoms with Gasteiger partial charge in [-0.05, 0) is 31.9 Å². The zero-order valence-corrected chi connectivity index (χ0v) is 12.6. The van der Waals surface area contributed by atoms with E-state index in [1.807, 2.05) is 6.92 Å². The maximum Gasteiger partial charge on any atom is 0.319 e. The SMILES string of the molecule is COc1ccc(NC(=O)N[C@@H](C)[C@H]2CCCO2)cc1OC. The van der Waals surface area contributed by atoms with E-state index in [0.29, 0.717) is 17.2 Å². The summed E-state index contributed by atoms with van der Waals surface area (Å²) in [6.07, 6.45) is 2.13. The van der Waals surface area contributed by atoms with Crippen LogP contribution in [0.15, 0.2) is 18.2 Å². The minimum absolute atomic E-state index is 0.0207. The number of rotatable bonds is 5. The van der Waals surface area contributed by atoms with E-state index in [-0.39, 0.29) is 18.2 Å². The Bertz CT molecular complexity index is 487. The van der Waals surface area contributed by atoms with Gasteiger partial charge in [0.2, 0.25) is 0 Å². The van der Waals surface area contributed by atoms with Gasteiger partial charge in [-0.2, -0.15) is 0 Å². The standard InChI is InChI=1S/C15H22N2O4/c1-10(12-5-4-8-21-12)16-15(18)17-11-6-7-13(19-2)14(9-11)20-3/h6-7,9-10,12H,4-5,8H2,1-3H3,(H2,16,17,18)/t10-,12+/m0/s1. The Labute approximate surface area is 124 Å². The molecule has 0 aromatic heterocycles. The van der Waals surface area contributed by atoms with Crippen LogP contribution in [0.2, 0.25) is 0 Å². The van der Waals surface area contributed by atoms with Crippen LogP contribution >= 0.6 is 0 Å². The van der Waals surface area contributed by atoms with E-state index in [0.717, 1.165) is 19.4 Å². The summed E-state index contributed by atoms with van der Waals surface area (Å²) in [5.41, 5.74) is 0.643. The van der Waals surface area contributed by atoms with Gasteiger partial charge in [-0.15, -0.1) is 0 Å². The average Bonchev–Trinajstić information content (AvgIpc) is 3.01. The summed E-state index contributed by atoms with van der Waals surface area (Å²) in [6, 6.07) is 4.95. The highest BCUT2D eigenvalue weighted by molar-refractivity contribution is 5.89. The van der Waals surface area contributed by atoms with Gasteiger partial charge in [0.05, 0.1) is 26.4 Å². The molecule has 1 aromatic rings. The number of hydrogen-bond donors (Lipinski definition) is 2. The van der Waals surface area contributed by atoms with Crippen molar-refractivity contribution in [3.8, 4) is 11.5 Å². The molecule has 21 heavy (non-hydrogen) atoms. The Morgan fingerprint density at radius 3 is 2.71 bits per heavy atom. The fraction of sp³-hybridized carbons (Fsp3) is 0.533. The number of nitrogens with one attached hydrogen (secondary N) is 2. The number of carbonyl (C=O) groups excluding carboxylic acids is 1. The summed E-state index contributed by atoms with van der Waals surface area (Å²) < 4.78 is 15.9. The summed E-state index contributed by atoms with van der Waals surface area (Å²) in [6.45, 7) is 2.72. The minimum Gasteiger partial charge on any atom is -0.493 e. The molecule has 116 valence electrons. The van der Waals surface area contributed by atoms with Gasteiger partial charge in [0.25, 0.3) is 0 Å². The third-order valence-electron chi connectivity index (χ3n) is 3.52. The lowest BCUT2D eigenvalue weighted by Crippen LogP contribution is -2.42. The largest absolute Gasteiger partial charge is 0.493 e. The van der Waals surface area contributed by atoms with Crippen LogP contribution in [0.4, 0.5) is 10.5 Å². The van der Waals surface area contributed by atoms with Crippen molar-refractivity contribution in [3.63, 3.8) is 0 Å². The van der Waals surface area contributed by atoms with Crippen LogP contribution in [0.3, 0.4) is 0 Å². The molecule has 2 atom stereocenters. The minimum atomic E-state index is -0.259. The molecule has 2 N–H and O–H groups in total. The van der Waals surface area contributed by atoms with Gasteiger partial charge in [-0.3, -0.25) is 0 Å². The molecule has 0 saturated carbocycles. The number of urea groups is 1. The Morgan fingerprint density at radius 1 is 1.33 bits per heavy atom. The monoisotopic (exact) mass is 294 g/mol. The molecule has 1 aliphatic rings. The molecule has 1 fully saturated rings. The molecule has 0 spiro atoms. The van der Waals surface area contributed by atoms with E-state index < -0.39 is 0 Å². The van der Waals surface area contributed by atoms with Crippen molar-refractivity contribution in [2.75, 3.05) is 26.1 Å². The molecule has 0 bridgehead atoms. The van der Waals surface area contributed by atoms with Gasteiger partial charge in [0, 0.05) is 18.4 Å². The van der Waals surface area contributed by atoms with Gasteiger partial charge < -0.3 is 24.8 Å². The quantitative estimate of drug-likeness (QED) is 0.875. The Morgan fingerprint density at radius 2 is 2.10 bits per heavy atom. The Kier molecular flexibility index (Phi) is 5.27. The van der Waals surface area contributed by atoms with Crippen molar-refractivity contribution in [2.45, 2.75) is 31.9 Å². The molecule has 1 heterocycles. The lowest BCUT2D eigenvalue weighted by Gasteiger charge is -2.20. The second-order valence-corrected chi connectivity index (χ2v) is 5.01. The van der Waals surface area contributed by atoms with E-state index >= 15 is 0 Å². The molecule has 0 aliphatic carbocycles. The van der Waals surface area contributed by atoms with Gasteiger partial charge >= 0.3 is 6.03 Å². The molecule has 1 aromatic carbocycles. The fourth-order valence-corrected chi connectivity index (χ4v) is 2.38. The highest BCUT2D eigenvalue weighted by Crippen LogP contribution is 2.29. The van der Waals surface area contributed by atoms with Gasteiger partial charge in [0.15, 0.2) is 11.5 Å². The van der Waals surface area contributed by atoms with E-state index in [2.05, 4.69) is 10.6 Å². The first-order valence-electron chi connectivity index (χ1n) is 7.05. The molecule has 0 unspecified atom stereocenters. The van der Waals surface area contributed by atoms with Crippen LogP contribution in [0.5, 0.6) is 11.5 Å². The zero-order chi connectivity index (χ0) is 15.2. The van der Waals surface area contributed by atoms with E-state index in [1.165, 1.54) is 0 Å². The first-order valence-corrected chi connectivity index (χ1v) is 7.05. The van der Waals surface area contributed by atoms with Crippen molar-refractivity contribution in [1.82, 2.24) is 5.32 Å². The number of anilines is 1. The zero-order valence-electron chi connectivity index (χ0n) is 12.6. The van der Waals surface area contributed by atoms with Crippen LogP contribution in [-0.4, -0.2) is 39.0 Å². The van der Waals surface area contributed by atoms with Crippen LogP contribution in [0.1, 0.15) is 19.8 Å². The second-order valence-electron chi connectivity index (χ2n) is 5.01. The molecular formula is C15H22N2O4. The van der Waals surface area contributed by atoms with Crippen molar-refractivity contribution < 1.29 is 19.0 Å². The first-order chi connectivity index (χ1) is 10.1. The smallest absolute Gasteiger partial charge is 0.319 e. The number of methoxy groups -OCH3 is 2. The van der Waals surface area contributed by atoms with Crippen LogP contribution in [0, 0.1) is 0 Å². The maximum atomic E-state index is 12.0.